The highest BCUT2D eigenvalue weighted by atomic mass is 127. The molecule has 3 rings (SSSR count). The first-order valence-corrected chi connectivity index (χ1v) is 7.05. The van der Waals surface area contributed by atoms with Gasteiger partial charge >= 0.3 is 5.69 Å². The first-order valence-electron chi connectivity index (χ1n) is 5.97. The number of aliphatic hydroxyl groups excluding tert-OH is 1. The van der Waals surface area contributed by atoms with Crippen molar-refractivity contribution in [2.24, 2.45) is 0 Å². The molecule has 0 spiro atoms. The number of ether oxygens (including phenoxy) is 2. The van der Waals surface area contributed by atoms with E-state index in [1.165, 1.54) is 10.8 Å². The van der Waals surface area contributed by atoms with Crippen molar-refractivity contribution in [1.82, 2.24) is 9.55 Å². The Morgan fingerprint density at radius 2 is 2.37 bits per heavy atom. The Bertz CT molecular complexity index is 626. The second-order valence-corrected chi connectivity index (χ2v) is 5.95. The number of hydrogen-bond acceptors (Lipinski definition) is 5. The number of H-pyrrole nitrogens is 1. The van der Waals surface area contributed by atoms with Gasteiger partial charge in [0.2, 0.25) is 0 Å². The third-order valence-corrected chi connectivity index (χ3v) is 4.57. The molecule has 1 aromatic heterocycles. The summed E-state index contributed by atoms with van der Waals surface area (Å²) in [6.07, 6.45) is -0.0389. The molecule has 2 aliphatic rings. The highest BCUT2D eigenvalue weighted by Gasteiger charge is 2.60. The maximum atomic E-state index is 11.8. The van der Waals surface area contributed by atoms with Crippen molar-refractivity contribution < 1.29 is 14.6 Å². The van der Waals surface area contributed by atoms with Crippen LogP contribution in [-0.4, -0.2) is 39.1 Å². The summed E-state index contributed by atoms with van der Waals surface area (Å²) in [7, 11) is 0. The lowest BCUT2D eigenvalue weighted by atomic mass is 9.96. The van der Waals surface area contributed by atoms with E-state index in [9.17, 15) is 14.7 Å². The molecule has 2 aliphatic heterocycles. The molecule has 3 heterocycles. The third-order valence-electron chi connectivity index (χ3n) is 3.80. The summed E-state index contributed by atoms with van der Waals surface area (Å²) in [6, 6.07) is 0. The van der Waals surface area contributed by atoms with Gasteiger partial charge in [-0.05, 0) is 29.0 Å². The smallest absolute Gasteiger partial charge is 0.330 e. The Labute approximate surface area is 121 Å². The standard InChI is InChI=1S/C11H13IN2O5/c1-2-11-4-18-6(7(11)15)9(19-11)14-3-5(12)8(16)13-10(14)17/h3,6-7,9,15H,2,4H2,1H3,(H,13,16,17)/t6-,7?,9+,11-/m0/s1. The van der Waals surface area contributed by atoms with Crippen LogP contribution in [0.15, 0.2) is 15.8 Å². The molecule has 0 aliphatic carbocycles. The number of aromatic amines is 1. The van der Waals surface area contributed by atoms with Gasteiger partial charge in [0.1, 0.15) is 17.8 Å². The van der Waals surface area contributed by atoms with E-state index in [0.29, 0.717) is 16.6 Å². The summed E-state index contributed by atoms with van der Waals surface area (Å²) in [6.45, 7) is 2.22. The minimum absolute atomic E-state index is 0.320. The van der Waals surface area contributed by atoms with Gasteiger partial charge in [-0.1, -0.05) is 6.92 Å². The summed E-state index contributed by atoms with van der Waals surface area (Å²) in [4.78, 5) is 25.4. The van der Waals surface area contributed by atoms with Crippen LogP contribution in [0, 0.1) is 3.57 Å². The molecule has 2 bridgehead atoms. The quantitative estimate of drug-likeness (QED) is 0.680. The molecule has 7 nitrogen and oxygen atoms in total. The molecule has 104 valence electrons. The fourth-order valence-corrected chi connectivity index (χ4v) is 3.06. The van der Waals surface area contributed by atoms with Crippen molar-refractivity contribution in [3.05, 3.63) is 30.6 Å². The first-order chi connectivity index (χ1) is 8.98. The van der Waals surface area contributed by atoms with Crippen molar-refractivity contribution in [2.75, 3.05) is 6.61 Å². The molecule has 0 saturated carbocycles. The van der Waals surface area contributed by atoms with Crippen molar-refractivity contribution in [2.45, 2.75) is 37.4 Å². The second-order valence-electron chi connectivity index (χ2n) is 4.79. The van der Waals surface area contributed by atoms with E-state index in [1.807, 2.05) is 29.5 Å². The van der Waals surface area contributed by atoms with E-state index in [2.05, 4.69) is 4.98 Å². The lowest BCUT2D eigenvalue weighted by Crippen LogP contribution is -2.41. The van der Waals surface area contributed by atoms with Gasteiger partial charge in [0.05, 0.1) is 10.2 Å². The number of fused-ring (bicyclic) bond motifs is 2. The average molecular weight is 380 g/mol. The van der Waals surface area contributed by atoms with Gasteiger partial charge in [-0.3, -0.25) is 14.3 Å². The molecule has 2 N–H and O–H groups in total. The summed E-state index contributed by atoms with van der Waals surface area (Å²) < 4.78 is 13.0. The van der Waals surface area contributed by atoms with E-state index in [4.69, 9.17) is 9.47 Å². The maximum Gasteiger partial charge on any atom is 0.330 e. The first kappa shape index (κ1) is 13.3. The molecule has 8 heteroatoms. The van der Waals surface area contributed by atoms with Crippen LogP contribution in [0.3, 0.4) is 0 Å². The van der Waals surface area contributed by atoms with E-state index < -0.39 is 35.3 Å². The normalized spacial score (nSPS) is 36.9. The van der Waals surface area contributed by atoms with Gasteiger partial charge in [-0.2, -0.15) is 0 Å². The topological polar surface area (TPSA) is 93.5 Å². The van der Waals surface area contributed by atoms with Gasteiger partial charge in [-0.15, -0.1) is 0 Å². The Kier molecular flexibility index (Phi) is 3.08. The van der Waals surface area contributed by atoms with E-state index in [0.717, 1.165) is 0 Å². The van der Waals surface area contributed by atoms with Crippen molar-refractivity contribution in [3.63, 3.8) is 0 Å². The highest BCUT2D eigenvalue weighted by molar-refractivity contribution is 14.1. The fraction of sp³-hybridized carbons (Fsp3) is 0.636. The summed E-state index contributed by atoms with van der Waals surface area (Å²) in [5, 5.41) is 10.2. The summed E-state index contributed by atoms with van der Waals surface area (Å²) in [5.74, 6) is 0. The Morgan fingerprint density at radius 3 is 3.00 bits per heavy atom. The molecule has 0 amide bonds. The number of hydrogen-bond donors (Lipinski definition) is 2. The van der Waals surface area contributed by atoms with Crippen LogP contribution < -0.4 is 11.2 Å². The fourth-order valence-electron chi connectivity index (χ4n) is 2.62. The van der Waals surface area contributed by atoms with Gasteiger partial charge in [0.25, 0.3) is 5.56 Å². The van der Waals surface area contributed by atoms with Gasteiger partial charge in [0.15, 0.2) is 6.23 Å². The zero-order valence-electron chi connectivity index (χ0n) is 10.1. The summed E-state index contributed by atoms with van der Waals surface area (Å²) >= 11 is 1.84. The van der Waals surface area contributed by atoms with Crippen LogP contribution in [-0.2, 0) is 9.47 Å². The van der Waals surface area contributed by atoms with Crippen LogP contribution in [0.4, 0.5) is 0 Å². The Hall–Kier alpha value is -0.710. The number of rotatable bonds is 2. The van der Waals surface area contributed by atoms with Gasteiger partial charge < -0.3 is 14.6 Å². The van der Waals surface area contributed by atoms with Crippen LogP contribution >= 0.6 is 22.6 Å². The van der Waals surface area contributed by atoms with Crippen LogP contribution in [0.25, 0.3) is 0 Å². The Balaban J connectivity index is 2.04. The monoisotopic (exact) mass is 380 g/mol. The molecule has 0 aromatic carbocycles. The van der Waals surface area contributed by atoms with Crippen molar-refractivity contribution >= 4 is 22.6 Å². The number of nitrogens with zero attached hydrogens (tertiary/aromatic N) is 1. The van der Waals surface area contributed by atoms with E-state index >= 15 is 0 Å². The third kappa shape index (κ3) is 1.81. The molecule has 0 radical (unpaired) electrons. The minimum atomic E-state index is -0.765. The van der Waals surface area contributed by atoms with Crippen LogP contribution in [0.1, 0.15) is 19.6 Å². The molecular formula is C11H13IN2O5. The van der Waals surface area contributed by atoms with Crippen molar-refractivity contribution in [3.8, 4) is 0 Å². The Morgan fingerprint density at radius 1 is 1.63 bits per heavy atom. The lowest BCUT2D eigenvalue weighted by Gasteiger charge is -2.30. The molecule has 2 fully saturated rings. The zero-order valence-corrected chi connectivity index (χ0v) is 12.3. The van der Waals surface area contributed by atoms with Crippen LogP contribution in [0.2, 0.25) is 0 Å². The lowest BCUT2D eigenvalue weighted by molar-refractivity contribution is -0.175. The summed E-state index contributed by atoms with van der Waals surface area (Å²) in [5.41, 5.74) is -1.75. The molecule has 4 atom stereocenters. The van der Waals surface area contributed by atoms with Crippen LogP contribution in [0.5, 0.6) is 0 Å². The highest BCUT2D eigenvalue weighted by Crippen LogP contribution is 2.46. The molecule has 2 saturated heterocycles. The number of nitrogens with one attached hydrogen (secondary N) is 1. The largest absolute Gasteiger partial charge is 0.387 e. The van der Waals surface area contributed by atoms with Gasteiger partial charge in [-0.25, -0.2) is 4.79 Å². The molecular weight excluding hydrogens is 367 g/mol. The maximum absolute atomic E-state index is 11.8. The predicted octanol–water partition coefficient (Wildman–Crippen LogP) is -0.421. The molecule has 1 unspecified atom stereocenters. The predicted molar refractivity (Wildman–Crippen MR) is 72.9 cm³/mol. The second kappa shape index (κ2) is 4.40. The number of halogens is 1. The average Bonchev–Trinajstić information content (AvgIpc) is 2.85. The van der Waals surface area contributed by atoms with Crippen molar-refractivity contribution in [1.29, 1.82) is 0 Å². The van der Waals surface area contributed by atoms with E-state index in [-0.39, 0.29) is 0 Å². The SMILES string of the molecule is CC[C@]12CO[C@@H](C1O)[C@H](n1cc(I)c(=O)[nH]c1=O)O2. The molecule has 1 aromatic rings. The number of aliphatic hydroxyl groups is 1. The minimum Gasteiger partial charge on any atom is -0.387 e. The molecule has 19 heavy (non-hydrogen) atoms. The number of aromatic nitrogens is 2. The zero-order chi connectivity index (χ0) is 13.8. The van der Waals surface area contributed by atoms with Gasteiger partial charge in [0, 0.05) is 6.20 Å². The van der Waals surface area contributed by atoms with E-state index in [1.54, 1.807) is 0 Å².